The van der Waals surface area contributed by atoms with Gasteiger partial charge in [-0.05, 0) is 38.7 Å². The number of benzene rings is 3. The summed E-state index contributed by atoms with van der Waals surface area (Å²) in [6, 6.07) is 28.6. The van der Waals surface area contributed by atoms with Crippen molar-refractivity contribution in [3.63, 3.8) is 0 Å². The Morgan fingerprint density at radius 1 is 0.613 bits per heavy atom. The minimum absolute atomic E-state index is 0.855. The number of aromatic nitrogens is 2. The Morgan fingerprint density at radius 3 is 1.68 bits per heavy atom. The van der Waals surface area contributed by atoms with E-state index in [0.29, 0.717) is 0 Å². The van der Waals surface area contributed by atoms with Crippen molar-refractivity contribution in [1.82, 2.24) is 0 Å². The smallest absolute Gasteiger partial charge is 0.175 e. The second-order valence-electron chi connectivity index (χ2n) is 8.23. The first-order valence-corrected chi connectivity index (χ1v) is 11.2. The maximum Gasteiger partial charge on any atom is 0.175 e. The van der Waals surface area contributed by atoms with E-state index in [1.807, 2.05) is 0 Å². The zero-order valence-corrected chi connectivity index (χ0v) is 18.0. The van der Waals surface area contributed by atoms with Crippen molar-refractivity contribution >= 4 is 21.5 Å². The molecule has 0 unspecified atom stereocenters. The lowest BCUT2D eigenvalue weighted by Crippen LogP contribution is -2.33. The molecule has 2 nitrogen and oxygen atoms in total. The summed E-state index contributed by atoms with van der Waals surface area (Å²) >= 11 is 0. The molecule has 0 N–H and O–H groups in total. The third-order valence-corrected chi connectivity index (χ3v) is 6.11. The second kappa shape index (κ2) is 8.69. The number of pyridine rings is 2. The van der Waals surface area contributed by atoms with Crippen LogP contribution in [0.1, 0.15) is 25.3 Å². The van der Waals surface area contributed by atoms with Crippen molar-refractivity contribution in [3.05, 3.63) is 109 Å². The minimum atomic E-state index is 0.855. The molecule has 152 valence electrons. The highest BCUT2D eigenvalue weighted by molar-refractivity contribution is 6.02. The van der Waals surface area contributed by atoms with E-state index in [-0.39, 0.29) is 0 Å². The summed E-state index contributed by atoms with van der Waals surface area (Å²) in [6.07, 6.45) is 11.2. The van der Waals surface area contributed by atoms with E-state index in [2.05, 4.69) is 120 Å². The quantitative estimate of drug-likeness (QED) is 0.239. The summed E-state index contributed by atoms with van der Waals surface area (Å²) in [7, 11) is 0. The summed E-state index contributed by atoms with van der Waals surface area (Å²) in [5, 5.41) is 5.26. The van der Waals surface area contributed by atoms with Gasteiger partial charge in [0.1, 0.15) is 6.54 Å². The zero-order valence-electron chi connectivity index (χ0n) is 18.0. The molecule has 5 rings (SSSR count). The highest BCUT2D eigenvalue weighted by Gasteiger charge is 2.12. The van der Waals surface area contributed by atoms with Crippen molar-refractivity contribution in [3.8, 4) is 11.1 Å². The van der Waals surface area contributed by atoms with Gasteiger partial charge in [0.05, 0.1) is 0 Å². The van der Waals surface area contributed by atoms with Crippen molar-refractivity contribution in [1.29, 1.82) is 0 Å². The van der Waals surface area contributed by atoms with Gasteiger partial charge in [-0.1, -0.05) is 61.9 Å². The summed E-state index contributed by atoms with van der Waals surface area (Å²) in [6.45, 7) is 4.17. The zero-order chi connectivity index (χ0) is 21.0. The van der Waals surface area contributed by atoms with Gasteiger partial charge < -0.3 is 0 Å². The van der Waals surface area contributed by atoms with Crippen molar-refractivity contribution < 1.29 is 9.13 Å². The molecule has 0 atom stereocenters. The summed E-state index contributed by atoms with van der Waals surface area (Å²) in [5.41, 5.74) is 3.89. The number of hydrogen-bond donors (Lipinski definition) is 0. The highest BCUT2D eigenvalue weighted by Crippen LogP contribution is 2.28. The Morgan fingerprint density at radius 2 is 1.13 bits per heavy atom. The van der Waals surface area contributed by atoms with E-state index >= 15 is 0 Å². The van der Waals surface area contributed by atoms with Crippen LogP contribution in [0, 0.1) is 0 Å². The van der Waals surface area contributed by atoms with Crippen LogP contribution in [0.3, 0.4) is 0 Å². The van der Waals surface area contributed by atoms with E-state index in [1.165, 1.54) is 51.1 Å². The normalized spacial score (nSPS) is 11.3. The van der Waals surface area contributed by atoms with Gasteiger partial charge in [0.25, 0.3) is 0 Å². The Balaban J connectivity index is 1.45. The fraction of sp³-hybridized carbons (Fsp3) is 0.172. The molecule has 0 aliphatic carbocycles. The van der Waals surface area contributed by atoms with Gasteiger partial charge in [-0.2, -0.15) is 0 Å². The van der Waals surface area contributed by atoms with Crippen LogP contribution in [0.25, 0.3) is 32.7 Å². The molecule has 0 saturated heterocycles. The topological polar surface area (TPSA) is 7.76 Å². The molecular weight excluding hydrogens is 376 g/mol. The number of rotatable bonds is 6. The number of aryl methyl sites for hydroxylation is 1. The summed E-state index contributed by atoms with van der Waals surface area (Å²) in [5.74, 6) is 0. The molecule has 5 aromatic rings. The van der Waals surface area contributed by atoms with Gasteiger partial charge in [-0.3, -0.25) is 0 Å². The number of nitrogens with zero attached hydrogens (tertiary/aromatic N) is 2. The average Bonchev–Trinajstić information content (AvgIpc) is 2.83. The maximum atomic E-state index is 2.30. The van der Waals surface area contributed by atoms with Gasteiger partial charge >= 0.3 is 0 Å². The van der Waals surface area contributed by atoms with Crippen LogP contribution in [-0.4, -0.2) is 0 Å². The molecule has 0 bridgehead atoms. The molecule has 0 aliphatic heterocycles. The molecule has 3 aromatic carbocycles. The highest BCUT2D eigenvalue weighted by atomic mass is 14.9. The van der Waals surface area contributed by atoms with Gasteiger partial charge in [-0.25, -0.2) is 9.13 Å². The van der Waals surface area contributed by atoms with Crippen LogP contribution in [0.4, 0.5) is 0 Å². The SMILES string of the molecule is CCCC[n+]1ccc(-c2cc[n+](Cc3c4ccccc4cc4ccccc34)cc2)cc1. The molecule has 0 spiro atoms. The van der Waals surface area contributed by atoms with Crippen LogP contribution >= 0.6 is 0 Å². The maximum absolute atomic E-state index is 2.30. The Labute approximate surface area is 184 Å². The molecular formula is C29H28N2+2. The second-order valence-corrected chi connectivity index (χ2v) is 8.23. The first-order chi connectivity index (χ1) is 15.3. The van der Waals surface area contributed by atoms with Gasteiger partial charge in [0.2, 0.25) is 0 Å². The van der Waals surface area contributed by atoms with E-state index in [9.17, 15) is 0 Å². The lowest BCUT2D eigenvalue weighted by Gasteiger charge is -2.09. The molecule has 0 aliphatic rings. The monoisotopic (exact) mass is 404 g/mol. The number of fused-ring (bicyclic) bond motifs is 2. The molecule has 2 heterocycles. The van der Waals surface area contributed by atoms with E-state index < -0.39 is 0 Å². The first-order valence-electron chi connectivity index (χ1n) is 11.2. The van der Waals surface area contributed by atoms with Crippen molar-refractivity contribution in [2.45, 2.75) is 32.9 Å². The molecule has 2 heteroatoms. The average molecular weight is 405 g/mol. The van der Waals surface area contributed by atoms with Gasteiger partial charge in [0, 0.05) is 36.2 Å². The van der Waals surface area contributed by atoms with Gasteiger partial charge in [-0.15, -0.1) is 0 Å². The first kappa shape index (κ1) is 19.4. The fourth-order valence-corrected chi connectivity index (χ4v) is 4.36. The standard InChI is InChI=1S/C29H28N2/c1-2-3-16-30-17-12-23(13-18-30)24-14-19-31(20-15-24)22-29-27-10-6-4-8-25(27)21-26-9-5-7-11-28(26)29/h4-15,17-21H,2-3,16,22H2,1H3/q+2. The molecule has 0 amide bonds. The minimum Gasteiger partial charge on any atom is -0.205 e. The predicted octanol–water partition coefficient (Wildman–Crippen LogP) is 6.08. The Hall–Kier alpha value is -3.52. The van der Waals surface area contributed by atoms with Crippen LogP contribution in [0.15, 0.2) is 104 Å². The molecule has 0 radical (unpaired) electrons. The molecule has 31 heavy (non-hydrogen) atoms. The third-order valence-electron chi connectivity index (χ3n) is 6.11. The van der Waals surface area contributed by atoms with Crippen LogP contribution in [-0.2, 0) is 13.1 Å². The van der Waals surface area contributed by atoms with Crippen LogP contribution < -0.4 is 9.13 Å². The van der Waals surface area contributed by atoms with Crippen molar-refractivity contribution in [2.75, 3.05) is 0 Å². The lowest BCUT2D eigenvalue weighted by molar-refractivity contribution is -0.697. The lowest BCUT2D eigenvalue weighted by atomic mass is 9.96. The number of unbranched alkanes of at least 4 members (excludes halogenated alkanes) is 1. The van der Waals surface area contributed by atoms with Gasteiger partial charge in [0.15, 0.2) is 31.3 Å². The van der Waals surface area contributed by atoms with E-state index in [1.54, 1.807) is 0 Å². The molecule has 0 fully saturated rings. The third kappa shape index (κ3) is 4.06. The molecule has 2 aromatic heterocycles. The Bertz CT molecular complexity index is 1270. The largest absolute Gasteiger partial charge is 0.205 e. The predicted molar refractivity (Wildman–Crippen MR) is 128 cm³/mol. The van der Waals surface area contributed by atoms with E-state index in [4.69, 9.17) is 0 Å². The van der Waals surface area contributed by atoms with Crippen LogP contribution in [0.2, 0.25) is 0 Å². The van der Waals surface area contributed by atoms with Crippen molar-refractivity contribution in [2.24, 2.45) is 0 Å². The molecule has 0 saturated carbocycles. The summed E-state index contributed by atoms with van der Waals surface area (Å²) < 4.78 is 4.55. The number of hydrogen-bond acceptors (Lipinski definition) is 0. The van der Waals surface area contributed by atoms with Crippen LogP contribution in [0.5, 0.6) is 0 Å². The fourth-order valence-electron chi connectivity index (χ4n) is 4.36. The van der Waals surface area contributed by atoms with E-state index in [0.717, 1.165) is 13.1 Å². The Kier molecular flexibility index (Phi) is 5.45. The summed E-state index contributed by atoms with van der Waals surface area (Å²) in [4.78, 5) is 0.